The van der Waals surface area contributed by atoms with Crippen molar-refractivity contribution in [2.75, 3.05) is 37.6 Å². The number of hydrogen-bond donors (Lipinski definition) is 0. The van der Waals surface area contributed by atoms with Crippen LogP contribution in [0, 0.1) is 12.7 Å². The lowest BCUT2D eigenvalue weighted by atomic mass is 10.2. The third kappa shape index (κ3) is 4.80. The third-order valence-corrected chi connectivity index (χ3v) is 7.89. The van der Waals surface area contributed by atoms with Crippen LogP contribution in [0.4, 0.5) is 10.2 Å². The number of rotatable bonds is 5. The van der Waals surface area contributed by atoms with Crippen molar-refractivity contribution in [2.45, 2.75) is 20.4 Å². The van der Waals surface area contributed by atoms with Gasteiger partial charge in [-0.3, -0.25) is 18.9 Å². The monoisotopic (exact) mass is 523 g/mol. The number of anilines is 1. The number of carbonyl (C=O) groups excluding carboxylic acids is 1. The van der Waals surface area contributed by atoms with Crippen LogP contribution in [-0.4, -0.2) is 62.1 Å². The van der Waals surface area contributed by atoms with E-state index >= 15 is 0 Å². The van der Waals surface area contributed by atoms with Crippen LogP contribution in [0.25, 0.3) is 11.7 Å². The van der Waals surface area contributed by atoms with Gasteiger partial charge in [-0.25, -0.2) is 9.37 Å². The zero-order chi connectivity index (χ0) is 25.4. The molecule has 0 unspecified atom stereocenters. The molecule has 7 nitrogen and oxygen atoms in total. The van der Waals surface area contributed by atoms with Crippen molar-refractivity contribution in [3.63, 3.8) is 0 Å². The number of halogens is 1. The number of hydrogen-bond acceptors (Lipinski definition) is 7. The molecule has 0 N–H and O–H groups in total. The number of nitrogens with zero attached hydrogens (tertiary/aromatic N) is 5. The van der Waals surface area contributed by atoms with Gasteiger partial charge in [0, 0.05) is 32.4 Å². The molecule has 1 aromatic carbocycles. The molecule has 0 radical (unpaired) electrons. The van der Waals surface area contributed by atoms with Crippen molar-refractivity contribution >= 4 is 51.7 Å². The SMILES string of the molecule is CCN1CCN(c2nc3ccc(C)cn3c(=O)c2C=C2SC(=S)N(Cc3ccc(F)cc3)C2=O)CC1. The highest BCUT2D eigenvalue weighted by Gasteiger charge is 2.33. The van der Waals surface area contributed by atoms with E-state index in [2.05, 4.69) is 16.7 Å². The van der Waals surface area contributed by atoms with Crippen LogP contribution < -0.4 is 10.5 Å². The second kappa shape index (κ2) is 10.1. The highest BCUT2D eigenvalue weighted by Crippen LogP contribution is 2.34. The minimum Gasteiger partial charge on any atom is -0.353 e. The van der Waals surface area contributed by atoms with Crippen LogP contribution in [-0.2, 0) is 11.3 Å². The largest absolute Gasteiger partial charge is 0.353 e. The molecular formula is C26H26FN5O2S2. The summed E-state index contributed by atoms with van der Waals surface area (Å²) in [5.41, 5.74) is 2.43. The van der Waals surface area contributed by atoms with Crippen molar-refractivity contribution in [1.82, 2.24) is 19.2 Å². The molecule has 2 aliphatic heterocycles. The Labute approximate surface area is 218 Å². The maximum Gasteiger partial charge on any atom is 0.267 e. The summed E-state index contributed by atoms with van der Waals surface area (Å²) in [6.07, 6.45) is 3.40. The summed E-state index contributed by atoms with van der Waals surface area (Å²) in [4.78, 5) is 38.2. The summed E-state index contributed by atoms with van der Waals surface area (Å²) in [5.74, 6) is -0.0240. The van der Waals surface area contributed by atoms with Crippen LogP contribution in [0.15, 0.2) is 52.3 Å². The topological polar surface area (TPSA) is 61.2 Å². The maximum absolute atomic E-state index is 13.7. The number of carbonyl (C=O) groups is 1. The lowest BCUT2D eigenvalue weighted by molar-refractivity contribution is -0.122. The Morgan fingerprint density at radius 3 is 2.50 bits per heavy atom. The Hall–Kier alpha value is -3.08. The zero-order valence-corrected chi connectivity index (χ0v) is 21.7. The van der Waals surface area contributed by atoms with E-state index in [4.69, 9.17) is 17.2 Å². The van der Waals surface area contributed by atoms with E-state index in [1.54, 1.807) is 24.4 Å². The molecule has 0 atom stereocenters. The molecule has 36 heavy (non-hydrogen) atoms. The van der Waals surface area contributed by atoms with Crippen molar-refractivity contribution in [3.05, 3.63) is 80.4 Å². The molecule has 5 rings (SSSR count). The summed E-state index contributed by atoms with van der Waals surface area (Å²) in [6.45, 7) is 8.52. The van der Waals surface area contributed by atoms with Gasteiger partial charge >= 0.3 is 0 Å². The molecule has 3 aromatic rings. The first kappa shape index (κ1) is 24.6. The number of thioether (sulfide) groups is 1. The number of fused-ring (bicyclic) bond motifs is 1. The summed E-state index contributed by atoms with van der Waals surface area (Å²) in [7, 11) is 0. The first-order chi connectivity index (χ1) is 17.3. The average Bonchev–Trinajstić information content (AvgIpc) is 3.14. The van der Waals surface area contributed by atoms with Crippen molar-refractivity contribution in [1.29, 1.82) is 0 Å². The Morgan fingerprint density at radius 2 is 1.81 bits per heavy atom. The minimum absolute atomic E-state index is 0.222. The van der Waals surface area contributed by atoms with E-state index in [-0.39, 0.29) is 23.8 Å². The Bertz CT molecular complexity index is 1430. The molecule has 1 amide bonds. The van der Waals surface area contributed by atoms with Gasteiger partial charge < -0.3 is 9.80 Å². The first-order valence-electron chi connectivity index (χ1n) is 11.8. The standard InChI is InChI=1S/C26H26FN5O2S2/c1-3-29-10-12-30(13-11-29)23-20(24(33)31-15-17(2)4-9-22(31)28-23)14-21-25(34)32(26(35)36-21)16-18-5-7-19(27)8-6-18/h4-9,14-15H,3,10-13,16H2,1-2H3. The predicted octanol–water partition coefficient (Wildman–Crippen LogP) is 3.69. The van der Waals surface area contributed by atoms with Gasteiger partial charge in [-0.2, -0.15) is 0 Å². The Kier molecular flexibility index (Phi) is 6.92. The van der Waals surface area contributed by atoms with Gasteiger partial charge in [0.1, 0.15) is 21.6 Å². The maximum atomic E-state index is 13.7. The molecule has 0 aliphatic carbocycles. The normalized spacial score (nSPS) is 18.1. The number of benzene rings is 1. The van der Waals surface area contributed by atoms with E-state index in [9.17, 15) is 14.0 Å². The second-order valence-electron chi connectivity index (χ2n) is 8.90. The lowest BCUT2D eigenvalue weighted by Gasteiger charge is -2.35. The number of pyridine rings is 1. The smallest absolute Gasteiger partial charge is 0.267 e. The second-order valence-corrected chi connectivity index (χ2v) is 10.6. The number of likely N-dealkylation sites (N-methyl/N-ethyl adjacent to an activating group) is 1. The molecular weight excluding hydrogens is 497 g/mol. The fraction of sp³-hybridized carbons (Fsp3) is 0.308. The van der Waals surface area contributed by atoms with E-state index in [1.165, 1.54) is 33.2 Å². The number of piperazine rings is 1. The third-order valence-electron chi connectivity index (χ3n) is 6.51. The van der Waals surface area contributed by atoms with E-state index < -0.39 is 0 Å². The van der Waals surface area contributed by atoms with Gasteiger partial charge in [-0.05, 0) is 48.9 Å². The predicted molar refractivity (Wildman–Crippen MR) is 146 cm³/mol. The average molecular weight is 524 g/mol. The molecule has 4 heterocycles. The van der Waals surface area contributed by atoms with Gasteiger partial charge in [0.25, 0.3) is 11.5 Å². The number of aryl methyl sites for hydroxylation is 1. The van der Waals surface area contributed by atoms with Crippen molar-refractivity contribution < 1.29 is 9.18 Å². The van der Waals surface area contributed by atoms with Crippen molar-refractivity contribution in [3.8, 4) is 0 Å². The van der Waals surface area contributed by atoms with Crippen LogP contribution in [0.2, 0.25) is 0 Å². The highest BCUT2D eigenvalue weighted by molar-refractivity contribution is 8.26. The van der Waals surface area contributed by atoms with Crippen molar-refractivity contribution in [2.24, 2.45) is 0 Å². The fourth-order valence-corrected chi connectivity index (χ4v) is 5.67. The van der Waals surface area contributed by atoms with E-state index in [1.807, 2.05) is 19.1 Å². The Morgan fingerprint density at radius 1 is 1.08 bits per heavy atom. The summed E-state index contributed by atoms with van der Waals surface area (Å²) >= 11 is 6.65. The lowest BCUT2D eigenvalue weighted by Crippen LogP contribution is -2.47. The molecule has 2 fully saturated rings. The highest BCUT2D eigenvalue weighted by atomic mass is 32.2. The van der Waals surface area contributed by atoms with Crippen LogP contribution >= 0.6 is 24.0 Å². The molecule has 186 valence electrons. The summed E-state index contributed by atoms with van der Waals surface area (Å²) < 4.78 is 15.2. The first-order valence-corrected chi connectivity index (χ1v) is 13.1. The molecule has 0 saturated carbocycles. The van der Waals surface area contributed by atoms with E-state index in [0.717, 1.165) is 43.9 Å². The molecule has 10 heteroatoms. The number of amides is 1. The Balaban J connectivity index is 1.54. The molecule has 0 bridgehead atoms. The summed E-state index contributed by atoms with van der Waals surface area (Å²) in [5, 5.41) is 0. The zero-order valence-electron chi connectivity index (χ0n) is 20.1. The van der Waals surface area contributed by atoms with Crippen LogP contribution in [0.1, 0.15) is 23.6 Å². The van der Waals surface area contributed by atoms with Gasteiger partial charge in [-0.15, -0.1) is 0 Å². The molecule has 2 aliphatic rings. The van der Waals surface area contributed by atoms with Gasteiger partial charge in [-0.1, -0.05) is 49.1 Å². The molecule has 2 aromatic heterocycles. The van der Waals surface area contributed by atoms with Gasteiger partial charge in [0.15, 0.2) is 0 Å². The quantitative estimate of drug-likeness (QED) is 0.374. The van der Waals surface area contributed by atoms with E-state index in [0.29, 0.717) is 26.3 Å². The van der Waals surface area contributed by atoms with Gasteiger partial charge in [0.2, 0.25) is 0 Å². The number of aromatic nitrogens is 2. The number of thiocarbonyl (C=S) groups is 1. The molecule has 2 saturated heterocycles. The van der Waals surface area contributed by atoms with Crippen LogP contribution in [0.5, 0.6) is 0 Å². The minimum atomic E-state index is -0.337. The van der Waals surface area contributed by atoms with Gasteiger partial charge in [0.05, 0.1) is 17.0 Å². The fourth-order valence-electron chi connectivity index (χ4n) is 4.43. The van der Waals surface area contributed by atoms with Crippen LogP contribution in [0.3, 0.4) is 0 Å². The molecule has 0 spiro atoms. The summed E-state index contributed by atoms with van der Waals surface area (Å²) in [6, 6.07) is 9.75.